The van der Waals surface area contributed by atoms with Gasteiger partial charge < -0.3 is 5.32 Å². The Morgan fingerprint density at radius 2 is 1.64 bits per heavy atom. The third-order valence-electron chi connectivity index (χ3n) is 6.59. The predicted molar refractivity (Wildman–Crippen MR) is 108 cm³/mol. The Labute approximate surface area is 158 Å². The molecule has 1 N–H and O–H groups in total. The Balaban J connectivity index is 1.32. The fraction of sp³-hybridized carbons (Fsp3) is 0.524. The van der Waals surface area contributed by atoms with Crippen LogP contribution in [0.2, 0.25) is 0 Å². The van der Waals surface area contributed by atoms with Crippen molar-refractivity contribution >= 4 is 40.3 Å². The summed E-state index contributed by atoms with van der Waals surface area (Å²) < 4.78 is 0. The summed E-state index contributed by atoms with van der Waals surface area (Å²) in [7, 11) is 0. The number of hydrogen-bond donors (Lipinski definition) is 1. The molecule has 4 fully saturated rings. The molecule has 1 heterocycles. The quantitative estimate of drug-likeness (QED) is 0.773. The van der Waals surface area contributed by atoms with Crippen molar-refractivity contribution in [2.75, 3.05) is 5.75 Å². The summed E-state index contributed by atoms with van der Waals surface area (Å²) in [4.78, 5) is 13.9. The number of amides is 1. The number of rotatable bonds is 3. The molecule has 4 saturated carbocycles. The van der Waals surface area contributed by atoms with Crippen LogP contribution in [-0.2, 0) is 0 Å². The largest absolute Gasteiger partial charge is 0.347 e. The molecule has 1 aromatic carbocycles. The lowest BCUT2D eigenvalue weighted by atomic mass is 9.53. The van der Waals surface area contributed by atoms with Crippen molar-refractivity contribution in [1.82, 2.24) is 5.32 Å². The van der Waals surface area contributed by atoms with E-state index >= 15 is 0 Å². The molecule has 130 valence electrons. The zero-order chi connectivity index (χ0) is 17.0. The topological polar surface area (TPSA) is 29.1 Å². The van der Waals surface area contributed by atoms with E-state index in [4.69, 9.17) is 12.2 Å². The second kappa shape index (κ2) is 5.95. The van der Waals surface area contributed by atoms with Gasteiger partial charge in [-0.2, -0.15) is 0 Å². The lowest BCUT2D eigenvalue weighted by molar-refractivity contribution is -0.0167. The Morgan fingerprint density at radius 1 is 1.04 bits per heavy atom. The molecule has 6 rings (SSSR count). The molecule has 0 aromatic heterocycles. The van der Waals surface area contributed by atoms with Gasteiger partial charge in [0.15, 0.2) is 0 Å². The van der Waals surface area contributed by atoms with Gasteiger partial charge in [-0.1, -0.05) is 24.4 Å². The standard InChI is InChI=1S/C21H23NOS2/c23-20(17-3-1-16(2-4-17)18-11-25-12-19(18)24)22-21-8-13-5-14(9-21)7-15(6-13)10-21/h1-4,11,13-15H,5-10,12H2,(H,22,23). The van der Waals surface area contributed by atoms with E-state index in [0.29, 0.717) is 0 Å². The van der Waals surface area contributed by atoms with Crippen molar-refractivity contribution in [3.8, 4) is 0 Å². The highest BCUT2D eigenvalue weighted by molar-refractivity contribution is 8.05. The van der Waals surface area contributed by atoms with Crippen molar-refractivity contribution < 1.29 is 4.79 Å². The minimum Gasteiger partial charge on any atom is -0.347 e. The predicted octanol–water partition coefficient (Wildman–Crippen LogP) is 4.84. The smallest absolute Gasteiger partial charge is 0.251 e. The number of carbonyl (C=O) groups is 1. The van der Waals surface area contributed by atoms with Crippen molar-refractivity contribution in [2.24, 2.45) is 17.8 Å². The number of thioether (sulfide) groups is 1. The Kier molecular flexibility index (Phi) is 3.83. The van der Waals surface area contributed by atoms with Crippen molar-refractivity contribution in [3.05, 3.63) is 40.8 Å². The van der Waals surface area contributed by atoms with Gasteiger partial charge in [0.2, 0.25) is 0 Å². The van der Waals surface area contributed by atoms with Gasteiger partial charge in [-0.3, -0.25) is 4.79 Å². The first-order valence-corrected chi connectivity index (χ1v) is 10.8. The van der Waals surface area contributed by atoms with Gasteiger partial charge in [0.05, 0.1) is 0 Å². The van der Waals surface area contributed by atoms with E-state index in [9.17, 15) is 4.79 Å². The minimum absolute atomic E-state index is 0.0801. The molecule has 25 heavy (non-hydrogen) atoms. The molecule has 4 heteroatoms. The van der Waals surface area contributed by atoms with E-state index in [-0.39, 0.29) is 11.4 Å². The highest BCUT2D eigenvalue weighted by Crippen LogP contribution is 2.55. The second-order valence-electron chi connectivity index (χ2n) is 8.50. The Bertz CT molecular complexity index is 729. The highest BCUT2D eigenvalue weighted by Gasteiger charge is 2.51. The maximum absolute atomic E-state index is 12.9. The molecular weight excluding hydrogens is 346 g/mol. The van der Waals surface area contributed by atoms with Gasteiger partial charge in [-0.25, -0.2) is 0 Å². The van der Waals surface area contributed by atoms with Gasteiger partial charge in [0.25, 0.3) is 5.91 Å². The van der Waals surface area contributed by atoms with Gasteiger partial charge >= 0.3 is 0 Å². The van der Waals surface area contributed by atoms with Crippen LogP contribution in [-0.4, -0.2) is 22.1 Å². The van der Waals surface area contributed by atoms with Crippen LogP contribution >= 0.6 is 24.0 Å². The molecule has 0 spiro atoms. The summed E-state index contributed by atoms with van der Waals surface area (Å²) in [6, 6.07) is 7.99. The summed E-state index contributed by atoms with van der Waals surface area (Å²) in [6.45, 7) is 0. The third kappa shape index (κ3) is 2.87. The van der Waals surface area contributed by atoms with Crippen LogP contribution in [0.25, 0.3) is 5.57 Å². The van der Waals surface area contributed by atoms with E-state index in [0.717, 1.165) is 45.1 Å². The van der Waals surface area contributed by atoms with E-state index < -0.39 is 0 Å². The second-order valence-corrected chi connectivity index (χ2v) is 9.85. The first-order chi connectivity index (χ1) is 12.1. The van der Waals surface area contributed by atoms with Crippen LogP contribution in [0, 0.1) is 17.8 Å². The minimum atomic E-state index is 0.0801. The zero-order valence-electron chi connectivity index (χ0n) is 14.3. The van der Waals surface area contributed by atoms with Crippen molar-refractivity contribution in [3.63, 3.8) is 0 Å². The van der Waals surface area contributed by atoms with Crippen molar-refractivity contribution in [2.45, 2.75) is 44.1 Å². The van der Waals surface area contributed by atoms with Gasteiger partial charge in [0.1, 0.15) is 0 Å². The van der Waals surface area contributed by atoms with E-state index in [1.807, 2.05) is 24.3 Å². The molecule has 0 unspecified atom stereocenters. The summed E-state index contributed by atoms with van der Waals surface area (Å²) in [5.41, 5.74) is 3.13. The average molecular weight is 370 g/mol. The van der Waals surface area contributed by atoms with Crippen LogP contribution in [0.5, 0.6) is 0 Å². The van der Waals surface area contributed by atoms with Crippen LogP contribution in [0.4, 0.5) is 0 Å². The molecule has 0 radical (unpaired) electrons. The Morgan fingerprint density at radius 3 is 2.16 bits per heavy atom. The normalized spacial score (nSPS) is 35.8. The van der Waals surface area contributed by atoms with Crippen LogP contribution in [0.3, 0.4) is 0 Å². The summed E-state index contributed by atoms with van der Waals surface area (Å²) >= 11 is 7.16. The number of nitrogens with one attached hydrogen (secondary N) is 1. The first-order valence-electron chi connectivity index (χ1n) is 9.38. The van der Waals surface area contributed by atoms with Gasteiger partial charge in [-0.05, 0) is 79.4 Å². The number of hydrogen-bond acceptors (Lipinski definition) is 3. The molecule has 4 bridgehead atoms. The monoisotopic (exact) mass is 369 g/mol. The molecule has 1 aliphatic heterocycles. The highest BCUT2D eigenvalue weighted by atomic mass is 32.2. The molecule has 2 nitrogen and oxygen atoms in total. The molecule has 5 aliphatic rings. The van der Waals surface area contributed by atoms with Gasteiger partial charge in [0, 0.05) is 27.3 Å². The van der Waals surface area contributed by atoms with Crippen LogP contribution in [0.1, 0.15) is 54.4 Å². The van der Waals surface area contributed by atoms with Crippen molar-refractivity contribution in [1.29, 1.82) is 0 Å². The number of benzene rings is 1. The Hall–Kier alpha value is -1.13. The SMILES string of the molecule is O=C(NC12CC3CC(CC(C3)C1)C2)c1ccc(C2=CSCC2=S)cc1. The van der Waals surface area contributed by atoms with Gasteiger partial charge in [-0.15, -0.1) is 11.8 Å². The van der Waals surface area contributed by atoms with E-state index in [1.54, 1.807) is 11.8 Å². The maximum atomic E-state index is 12.9. The lowest BCUT2D eigenvalue weighted by Crippen LogP contribution is -2.59. The molecule has 0 saturated heterocycles. The average Bonchev–Trinajstić information content (AvgIpc) is 2.99. The number of allylic oxidation sites excluding steroid dienone is 1. The summed E-state index contributed by atoms with van der Waals surface area (Å²) in [6.07, 6.45) is 7.79. The summed E-state index contributed by atoms with van der Waals surface area (Å²) in [5, 5.41) is 5.59. The fourth-order valence-electron chi connectivity index (χ4n) is 5.95. The number of thiocarbonyl (C=S) groups is 1. The zero-order valence-corrected chi connectivity index (χ0v) is 15.9. The van der Waals surface area contributed by atoms with E-state index in [2.05, 4.69) is 10.7 Å². The molecular formula is C21H23NOS2. The van der Waals surface area contributed by atoms with Crippen LogP contribution < -0.4 is 5.32 Å². The van der Waals surface area contributed by atoms with E-state index in [1.165, 1.54) is 38.5 Å². The molecule has 1 aromatic rings. The summed E-state index contributed by atoms with van der Waals surface area (Å²) in [5.74, 6) is 3.55. The van der Waals surface area contributed by atoms with Crippen LogP contribution in [0.15, 0.2) is 29.7 Å². The fourth-order valence-corrected chi connectivity index (χ4v) is 7.24. The third-order valence-corrected chi connectivity index (χ3v) is 8.00. The maximum Gasteiger partial charge on any atom is 0.251 e. The molecule has 0 atom stereocenters. The number of carbonyl (C=O) groups excluding carboxylic acids is 1. The molecule has 1 amide bonds. The lowest BCUT2D eigenvalue weighted by Gasteiger charge is -2.56. The first kappa shape index (κ1) is 16.1. The molecule has 4 aliphatic carbocycles.